The fourth-order valence-corrected chi connectivity index (χ4v) is 4.40. The number of likely N-dealkylation sites (tertiary alicyclic amines) is 1. The fourth-order valence-electron chi connectivity index (χ4n) is 3.77. The molecular weight excluding hydrogens is 300 g/mol. The number of hydrogen-bond donors (Lipinski definition) is 0. The summed E-state index contributed by atoms with van der Waals surface area (Å²) in [6.45, 7) is 5.06. The summed E-state index contributed by atoms with van der Waals surface area (Å²) in [5, 5.41) is 3.88. The van der Waals surface area contributed by atoms with Crippen molar-refractivity contribution in [1.82, 2.24) is 9.80 Å². The van der Waals surface area contributed by atoms with Gasteiger partial charge in [-0.25, -0.2) is 0 Å². The van der Waals surface area contributed by atoms with Gasteiger partial charge < -0.3 is 14.4 Å². The Morgan fingerprint density at radius 1 is 1.32 bits per heavy atom. The van der Waals surface area contributed by atoms with Gasteiger partial charge in [0, 0.05) is 38.2 Å². The number of fused-ring (bicyclic) bond motifs is 1. The number of carbonyl (C=O) groups excluding carboxylic acids is 1. The van der Waals surface area contributed by atoms with Crippen molar-refractivity contribution in [2.75, 3.05) is 39.4 Å². The number of hydrogen-bond acceptors (Lipinski definition) is 5. The second-order valence-electron chi connectivity index (χ2n) is 6.33. The molecule has 0 aromatic carbocycles. The third-order valence-electron chi connectivity index (χ3n) is 4.93. The summed E-state index contributed by atoms with van der Waals surface area (Å²) < 4.78 is 11.7. The molecule has 0 bridgehead atoms. The lowest BCUT2D eigenvalue weighted by Crippen LogP contribution is -2.52. The molecule has 3 fully saturated rings. The Bertz CT molecular complexity index is 515. The van der Waals surface area contributed by atoms with Crippen molar-refractivity contribution in [3.8, 4) is 0 Å². The Balaban J connectivity index is 1.42. The monoisotopic (exact) mass is 322 g/mol. The van der Waals surface area contributed by atoms with Crippen molar-refractivity contribution in [3.05, 3.63) is 22.4 Å². The van der Waals surface area contributed by atoms with Gasteiger partial charge >= 0.3 is 0 Å². The maximum Gasteiger partial charge on any atom is 0.254 e. The molecule has 3 aliphatic heterocycles. The van der Waals surface area contributed by atoms with Crippen molar-refractivity contribution in [1.29, 1.82) is 0 Å². The summed E-state index contributed by atoms with van der Waals surface area (Å²) in [7, 11) is 0. The zero-order chi connectivity index (χ0) is 14.9. The molecule has 4 rings (SSSR count). The average Bonchev–Trinajstić information content (AvgIpc) is 3.28. The Kier molecular flexibility index (Phi) is 4.17. The standard InChI is InChI=1S/C16H22N2O3S/c19-16(12-3-7-22-11-12)18-9-14-15(10-18)21-6-4-17(14)8-13-2-1-5-20-13/h3,7,11,13-15H,1-2,4-6,8-10H2/t13-,14-,15+/m1/s1. The Morgan fingerprint density at radius 3 is 3.05 bits per heavy atom. The lowest BCUT2D eigenvalue weighted by atomic mass is 10.1. The molecule has 3 aliphatic rings. The van der Waals surface area contributed by atoms with Gasteiger partial charge in [-0.3, -0.25) is 9.69 Å². The van der Waals surface area contributed by atoms with E-state index in [1.807, 2.05) is 21.7 Å². The molecule has 4 heterocycles. The molecule has 6 heteroatoms. The third kappa shape index (κ3) is 2.80. The molecule has 3 saturated heterocycles. The van der Waals surface area contributed by atoms with Gasteiger partial charge in [0.05, 0.1) is 30.4 Å². The van der Waals surface area contributed by atoms with E-state index < -0.39 is 0 Å². The van der Waals surface area contributed by atoms with E-state index in [1.54, 1.807) is 11.3 Å². The number of ether oxygens (including phenoxy) is 2. The minimum atomic E-state index is 0.135. The molecule has 0 saturated carbocycles. The van der Waals surface area contributed by atoms with Gasteiger partial charge in [-0.1, -0.05) is 0 Å². The quantitative estimate of drug-likeness (QED) is 0.845. The Hall–Kier alpha value is -0.950. The smallest absolute Gasteiger partial charge is 0.254 e. The maximum absolute atomic E-state index is 12.5. The van der Waals surface area contributed by atoms with Crippen molar-refractivity contribution in [2.24, 2.45) is 0 Å². The van der Waals surface area contributed by atoms with Crippen LogP contribution in [0.5, 0.6) is 0 Å². The molecule has 1 amide bonds. The van der Waals surface area contributed by atoms with Gasteiger partial charge in [0.1, 0.15) is 0 Å². The molecule has 0 radical (unpaired) electrons. The zero-order valence-corrected chi connectivity index (χ0v) is 13.5. The zero-order valence-electron chi connectivity index (χ0n) is 12.6. The van der Waals surface area contributed by atoms with Gasteiger partial charge in [-0.05, 0) is 24.3 Å². The lowest BCUT2D eigenvalue weighted by molar-refractivity contribution is -0.0614. The first kappa shape index (κ1) is 14.6. The maximum atomic E-state index is 12.5. The molecule has 1 aromatic heterocycles. The number of rotatable bonds is 3. The molecular formula is C16H22N2O3S. The highest BCUT2D eigenvalue weighted by atomic mass is 32.1. The van der Waals surface area contributed by atoms with Crippen LogP contribution in [0.25, 0.3) is 0 Å². The molecule has 0 spiro atoms. The SMILES string of the molecule is O=C(c1ccsc1)N1C[C@@H]2OCCN(C[C@H]3CCCO3)[C@@H]2C1. The lowest BCUT2D eigenvalue weighted by Gasteiger charge is -2.37. The average molecular weight is 322 g/mol. The number of amides is 1. The number of nitrogens with zero attached hydrogens (tertiary/aromatic N) is 2. The van der Waals surface area contributed by atoms with Crippen LogP contribution in [0, 0.1) is 0 Å². The first-order valence-electron chi connectivity index (χ1n) is 8.10. The molecule has 0 aliphatic carbocycles. The first-order valence-corrected chi connectivity index (χ1v) is 9.04. The second kappa shape index (κ2) is 6.28. The minimum absolute atomic E-state index is 0.135. The van der Waals surface area contributed by atoms with Crippen LogP contribution >= 0.6 is 11.3 Å². The summed E-state index contributed by atoms with van der Waals surface area (Å²) >= 11 is 1.57. The van der Waals surface area contributed by atoms with Gasteiger partial charge in [0.25, 0.3) is 5.91 Å². The first-order chi connectivity index (χ1) is 10.8. The van der Waals surface area contributed by atoms with Crippen molar-refractivity contribution in [3.63, 3.8) is 0 Å². The molecule has 0 unspecified atom stereocenters. The summed E-state index contributed by atoms with van der Waals surface area (Å²) in [5.41, 5.74) is 0.800. The summed E-state index contributed by atoms with van der Waals surface area (Å²) in [4.78, 5) is 17.0. The van der Waals surface area contributed by atoms with E-state index in [0.717, 1.165) is 44.8 Å². The normalized spacial score (nSPS) is 32.4. The topological polar surface area (TPSA) is 42.0 Å². The van der Waals surface area contributed by atoms with E-state index in [1.165, 1.54) is 6.42 Å². The van der Waals surface area contributed by atoms with E-state index in [0.29, 0.717) is 18.7 Å². The highest BCUT2D eigenvalue weighted by molar-refractivity contribution is 7.08. The van der Waals surface area contributed by atoms with Crippen LogP contribution in [0.4, 0.5) is 0 Å². The number of carbonyl (C=O) groups is 1. The largest absolute Gasteiger partial charge is 0.377 e. The van der Waals surface area contributed by atoms with E-state index >= 15 is 0 Å². The van der Waals surface area contributed by atoms with Crippen LogP contribution < -0.4 is 0 Å². The van der Waals surface area contributed by atoms with Gasteiger partial charge in [-0.15, -0.1) is 0 Å². The highest BCUT2D eigenvalue weighted by Crippen LogP contribution is 2.26. The predicted molar refractivity (Wildman–Crippen MR) is 84.3 cm³/mol. The molecule has 3 atom stereocenters. The van der Waals surface area contributed by atoms with Crippen LogP contribution in [0.2, 0.25) is 0 Å². The Morgan fingerprint density at radius 2 is 2.27 bits per heavy atom. The van der Waals surface area contributed by atoms with Crippen LogP contribution in [-0.4, -0.2) is 73.3 Å². The highest BCUT2D eigenvalue weighted by Gasteiger charge is 2.42. The Labute approximate surface area is 134 Å². The number of morpholine rings is 1. The van der Waals surface area contributed by atoms with E-state index in [4.69, 9.17) is 9.47 Å². The molecule has 5 nitrogen and oxygen atoms in total. The summed E-state index contributed by atoms with van der Waals surface area (Å²) in [5.74, 6) is 0.135. The molecule has 1 aromatic rings. The summed E-state index contributed by atoms with van der Waals surface area (Å²) in [6, 6.07) is 2.22. The van der Waals surface area contributed by atoms with E-state index in [2.05, 4.69) is 4.90 Å². The van der Waals surface area contributed by atoms with Crippen LogP contribution in [-0.2, 0) is 9.47 Å². The molecule has 22 heavy (non-hydrogen) atoms. The predicted octanol–water partition coefficient (Wildman–Crippen LogP) is 1.45. The van der Waals surface area contributed by atoms with Crippen molar-refractivity contribution < 1.29 is 14.3 Å². The minimum Gasteiger partial charge on any atom is -0.377 e. The summed E-state index contributed by atoms with van der Waals surface area (Å²) in [6.07, 6.45) is 2.84. The van der Waals surface area contributed by atoms with Crippen molar-refractivity contribution >= 4 is 17.2 Å². The van der Waals surface area contributed by atoms with E-state index in [9.17, 15) is 4.79 Å². The van der Waals surface area contributed by atoms with Gasteiger partial charge in [0.2, 0.25) is 0 Å². The van der Waals surface area contributed by atoms with Crippen LogP contribution in [0.3, 0.4) is 0 Å². The number of thiophene rings is 1. The van der Waals surface area contributed by atoms with E-state index in [-0.39, 0.29) is 12.0 Å². The van der Waals surface area contributed by atoms with Crippen molar-refractivity contribution in [2.45, 2.75) is 31.1 Å². The molecule has 120 valence electrons. The fraction of sp³-hybridized carbons (Fsp3) is 0.688. The molecule has 0 N–H and O–H groups in total. The van der Waals surface area contributed by atoms with Crippen LogP contribution in [0.1, 0.15) is 23.2 Å². The van der Waals surface area contributed by atoms with Gasteiger partial charge in [0.15, 0.2) is 0 Å². The van der Waals surface area contributed by atoms with Gasteiger partial charge in [-0.2, -0.15) is 11.3 Å². The van der Waals surface area contributed by atoms with Crippen LogP contribution in [0.15, 0.2) is 16.8 Å². The second-order valence-corrected chi connectivity index (χ2v) is 7.11. The third-order valence-corrected chi connectivity index (χ3v) is 5.62.